The van der Waals surface area contributed by atoms with Gasteiger partial charge in [0.15, 0.2) is 0 Å². The molecule has 2 unspecified atom stereocenters. The van der Waals surface area contributed by atoms with Crippen LogP contribution in [0.2, 0.25) is 0 Å². The minimum Gasteiger partial charge on any atom is -0.289 e. The molecule has 0 bridgehead atoms. The Morgan fingerprint density at radius 3 is 1.66 bits per heavy atom. The smallest absolute Gasteiger partial charge is 0.289 e. The third kappa shape index (κ3) is 7.18. The SMILES string of the molecule is CC(C)(C)CCCN1C(c2ccc(C(F)(F)F)cc2)[CH]C(F)(F)CC1c1ccc(C(F)(F)F)cc1. The molecule has 3 rings (SSSR count). The Bertz CT molecular complexity index is 899. The molecule has 1 radical (unpaired) electrons. The highest BCUT2D eigenvalue weighted by Crippen LogP contribution is 2.48. The molecule has 1 heterocycles. The highest BCUT2D eigenvalue weighted by molar-refractivity contribution is 5.33. The fraction of sp³-hybridized carbons (Fsp3) is 0.500. The maximum Gasteiger partial charge on any atom is 0.416 e. The van der Waals surface area contributed by atoms with Crippen LogP contribution in [0.3, 0.4) is 0 Å². The fourth-order valence-corrected chi connectivity index (χ4v) is 4.41. The van der Waals surface area contributed by atoms with Crippen molar-refractivity contribution >= 4 is 0 Å². The summed E-state index contributed by atoms with van der Waals surface area (Å²) < 4.78 is 108. The summed E-state index contributed by atoms with van der Waals surface area (Å²) in [5.41, 5.74) is -1.23. The van der Waals surface area contributed by atoms with E-state index in [4.69, 9.17) is 0 Å². The molecule has 9 heteroatoms. The Morgan fingerprint density at radius 2 is 1.23 bits per heavy atom. The minimum absolute atomic E-state index is 0.0306. The first kappa shape index (κ1) is 27.4. The van der Waals surface area contributed by atoms with Crippen LogP contribution in [0.25, 0.3) is 0 Å². The van der Waals surface area contributed by atoms with Crippen molar-refractivity contribution in [1.82, 2.24) is 4.90 Å². The van der Waals surface area contributed by atoms with E-state index in [1.165, 1.54) is 24.3 Å². The number of likely N-dealkylation sites (tertiary alicyclic amines) is 1. The summed E-state index contributed by atoms with van der Waals surface area (Å²) in [6.07, 6.45) is -7.54. The monoisotopic (exact) mass is 506 g/mol. The molecular weight excluding hydrogens is 478 g/mol. The van der Waals surface area contributed by atoms with Crippen LogP contribution in [0.1, 0.15) is 74.4 Å². The zero-order chi connectivity index (χ0) is 26.2. The minimum atomic E-state index is -4.56. The average molecular weight is 507 g/mol. The van der Waals surface area contributed by atoms with Crippen molar-refractivity contribution in [2.24, 2.45) is 5.41 Å². The zero-order valence-electron chi connectivity index (χ0n) is 19.7. The lowest BCUT2D eigenvalue weighted by atomic mass is 9.84. The summed E-state index contributed by atoms with van der Waals surface area (Å²) in [7, 11) is 0. The molecule has 0 spiro atoms. The number of nitrogens with zero attached hydrogens (tertiary/aromatic N) is 1. The standard InChI is InChI=1S/C26H28F8N/c1-23(2,3)13-4-14-35-21(17-5-9-19(10-6-17)25(29,30)31)15-24(27,28)16-22(35)18-7-11-20(12-8-18)26(32,33)34/h5-12,15,21-22H,4,13-14,16H2,1-3H3. The Morgan fingerprint density at radius 1 is 0.771 bits per heavy atom. The predicted octanol–water partition coefficient (Wildman–Crippen LogP) is 8.88. The number of piperidine rings is 1. The van der Waals surface area contributed by atoms with Gasteiger partial charge in [-0.05, 0) is 60.2 Å². The van der Waals surface area contributed by atoms with Crippen LogP contribution in [0, 0.1) is 11.8 Å². The number of benzene rings is 2. The van der Waals surface area contributed by atoms with Crippen LogP contribution in [0.5, 0.6) is 0 Å². The summed E-state index contributed by atoms with van der Waals surface area (Å²) in [6.45, 7) is 6.44. The molecule has 0 aromatic heterocycles. The molecule has 2 aromatic carbocycles. The first-order valence-electron chi connectivity index (χ1n) is 11.3. The van der Waals surface area contributed by atoms with Gasteiger partial charge in [-0.3, -0.25) is 4.90 Å². The van der Waals surface area contributed by atoms with Crippen LogP contribution in [-0.4, -0.2) is 17.4 Å². The van der Waals surface area contributed by atoms with Crippen LogP contribution in [0.15, 0.2) is 48.5 Å². The van der Waals surface area contributed by atoms with Gasteiger partial charge in [-0.25, -0.2) is 8.78 Å². The van der Waals surface area contributed by atoms with E-state index in [1.807, 2.05) is 20.8 Å². The number of hydrogen-bond acceptors (Lipinski definition) is 1. The number of alkyl halides is 8. The second-order valence-corrected chi connectivity index (χ2v) is 10.2. The first-order valence-corrected chi connectivity index (χ1v) is 11.3. The average Bonchev–Trinajstić information content (AvgIpc) is 2.72. The van der Waals surface area contributed by atoms with Gasteiger partial charge in [0.05, 0.1) is 17.5 Å². The predicted molar refractivity (Wildman–Crippen MR) is 118 cm³/mol. The molecule has 193 valence electrons. The molecule has 0 N–H and O–H groups in total. The van der Waals surface area contributed by atoms with Gasteiger partial charge in [0.2, 0.25) is 0 Å². The Kier molecular flexibility index (Phi) is 7.61. The zero-order valence-corrected chi connectivity index (χ0v) is 19.7. The van der Waals surface area contributed by atoms with Crippen LogP contribution >= 0.6 is 0 Å². The molecule has 1 fully saturated rings. The van der Waals surface area contributed by atoms with E-state index in [0.717, 1.165) is 37.1 Å². The van der Waals surface area contributed by atoms with Crippen molar-refractivity contribution in [1.29, 1.82) is 0 Å². The molecule has 0 aliphatic carbocycles. The van der Waals surface area contributed by atoms with Gasteiger partial charge < -0.3 is 0 Å². The molecule has 1 aliphatic rings. The topological polar surface area (TPSA) is 3.24 Å². The molecule has 1 nitrogen and oxygen atoms in total. The quantitative estimate of drug-likeness (QED) is 0.366. The largest absolute Gasteiger partial charge is 0.416 e. The van der Waals surface area contributed by atoms with E-state index in [0.29, 0.717) is 18.5 Å². The Hall–Kier alpha value is -2.16. The number of halogens is 8. The van der Waals surface area contributed by atoms with Gasteiger partial charge >= 0.3 is 12.4 Å². The van der Waals surface area contributed by atoms with E-state index < -0.39 is 47.9 Å². The summed E-state index contributed by atoms with van der Waals surface area (Å²) in [6, 6.07) is 6.31. The lowest BCUT2D eigenvalue weighted by molar-refractivity contribution is -0.138. The first-order chi connectivity index (χ1) is 16.0. The van der Waals surface area contributed by atoms with Crippen molar-refractivity contribution in [2.45, 2.75) is 70.4 Å². The molecule has 1 aliphatic heterocycles. The van der Waals surface area contributed by atoms with Crippen LogP contribution in [-0.2, 0) is 12.4 Å². The lowest BCUT2D eigenvalue weighted by Crippen LogP contribution is -2.45. The summed E-state index contributed by atoms with van der Waals surface area (Å²) >= 11 is 0. The van der Waals surface area contributed by atoms with Crippen LogP contribution in [0.4, 0.5) is 35.1 Å². The maximum atomic E-state index is 14.9. The molecule has 1 saturated heterocycles. The molecule has 2 aromatic rings. The Labute approximate surface area is 200 Å². The van der Waals surface area contributed by atoms with Crippen LogP contribution < -0.4 is 0 Å². The van der Waals surface area contributed by atoms with Crippen molar-refractivity contribution in [2.75, 3.05) is 6.54 Å². The molecule has 2 atom stereocenters. The third-order valence-electron chi connectivity index (χ3n) is 6.17. The van der Waals surface area contributed by atoms with E-state index >= 15 is 0 Å². The second kappa shape index (κ2) is 9.71. The molecule has 0 amide bonds. The van der Waals surface area contributed by atoms with Gasteiger partial charge in [-0.2, -0.15) is 26.3 Å². The maximum absolute atomic E-state index is 14.9. The van der Waals surface area contributed by atoms with Gasteiger partial charge in [0, 0.05) is 18.5 Å². The van der Waals surface area contributed by atoms with Crippen molar-refractivity contribution in [3.05, 3.63) is 77.2 Å². The third-order valence-corrected chi connectivity index (χ3v) is 6.17. The molecule has 35 heavy (non-hydrogen) atoms. The Balaban J connectivity index is 1.99. The van der Waals surface area contributed by atoms with Crippen molar-refractivity contribution in [3.8, 4) is 0 Å². The molecular formula is C26H28F8N. The summed E-state index contributed by atoms with van der Waals surface area (Å²) in [5.74, 6) is -3.26. The lowest BCUT2D eigenvalue weighted by Gasteiger charge is -2.46. The number of rotatable bonds is 5. The van der Waals surface area contributed by atoms with E-state index in [2.05, 4.69) is 0 Å². The summed E-state index contributed by atoms with van der Waals surface area (Å²) in [5, 5.41) is 0. The fourth-order valence-electron chi connectivity index (χ4n) is 4.41. The highest BCUT2D eigenvalue weighted by Gasteiger charge is 2.47. The van der Waals surface area contributed by atoms with Crippen molar-refractivity contribution < 1.29 is 35.1 Å². The van der Waals surface area contributed by atoms with Gasteiger partial charge in [0.1, 0.15) is 0 Å². The normalized spacial score (nSPS) is 21.8. The van der Waals surface area contributed by atoms with Crippen molar-refractivity contribution in [3.63, 3.8) is 0 Å². The van der Waals surface area contributed by atoms with Gasteiger partial charge in [-0.15, -0.1) is 0 Å². The van der Waals surface area contributed by atoms with E-state index in [-0.39, 0.29) is 11.0 Å². The highest BCUT2D eigenvalue weighted by atomic mass is 19.4. The van der Waals surface area contributed by atoms with Gasteiger partial charge in [0.25, 0.3) is 5.92 Å². The van der Waals surface area contributed by atoms with E-state index in [9.17, 15) is 35.1 Å². The second-order valence-electron chi connectivity index (χ2n) is 10.2. The summed E-state index contributed by atoms with van der Waals surface area (Å²) in [4.78, 5) is 1.76. The molecule has 0 saturated carbocycles. The van der Waals surface area contributed by atoms with Gasteiger partial charge in [-0.1, -0.05) is 45.0 Å². The van der Waals surface area contributed by atoms with E-state index in [1.54, 1.807) is 4.90 Å². The number of hydrogen-bond donors (Lipinski definition) is 0.